The van der Waals surface area contributed by atoms with Crippen molar-refractivity contribution < 1.29 is 19.0 Å². The second kappa shape index (κ2) is 11.0. The Hall–Kier alpha value is -3.90. The number of methoxy groups -OCH3 is 2. The molecule has 0 N–H and O–H groups in total. The summed E-state index contributed by atoms with van der Waals surface area (Å²) >= 11 is 0. The number of hydrogen-bond donors (Lipinski definition) is 0. The van der Waals surface area contributed by atoms with Gasteiger partial charge in [0.2, 0.25) is 0 Å². The predicted molar refractivity (Wildman–Crippen MR) is 133 cm³/mol. The maximum absolute atomic E-state index is 12.9. The zero-order chi connectivity index (χ0) is 24.8. The number of ether oxygens (including phenoxy) is 3. The van der Waals surface area contributed by atoms with Gasteiger partial charge in [-0.05, 0) is 31.2 Å². The Morgan fingerprint density at radius 3 is 2.29 bits per heavy atom. The molecule has 0 aliphatic carbocycles. The van der Waals surface area contributed by atoms with Gasteiger partial charge in [-0.1, -0.05) is 24.3 Å². The van der Waals surface area contributed by atoms with E-state index in [2.05, 4.69) is 15.9 Å². The van der Waals surface area contributed by atoms with Crippen LogP contribution in [0.25, 0.3) is 11.0 Å². The molecule has 35 heavy (non-hydrogen) atoms. The van der Waals surface area contributed by atoms with Crippen LogP contribution in [-0.2, 0) is 14.3 Å². The first-order chi connectivity index (χ1) is 17.0. The van der Waals surface area contributed by atoms with E-state index in [9.17, 15) is 10.1 Å². The number of aromatic nitrogens is 2. The average Bonchev–Trinajstić information content (AvgIpc) is 2.89. The average molecular weight is 476 g/mol. The summed E-state index contributed by atoms with van der Waals surface area (Å²) in [4.78, 5) is 26.8. The summed E-state index contributed by atoms with van der Waals surface area (Å²) in [6.45, 7) is 4.70. The largest absolute Gasteiger partial charge is 0.495 e. The van der Waals surface area contributed by atoms with Crippen molar-refractivity contribution in [3.8, 4) is 11.8 Å². The lowest BCUT2D eigenvalue weighted by Crippen LogP contribution is -2.47. The van der Waals surface area contributed by atoms with Gasteiger partial charge >= 0.3 is 5.97 Å². The number of rotatable bonds is 8. The van der Waals surface area contributed by atoms with Crippen molar-refractivity contribution in [1.82, 2.24) is 9.97 Å². The topological polar surface area (TPSA) is 101 Å². The summed E-state index contributed by atoms with van der Waals surface area (Å²) in [7, 11) is 3.20. The van der Waals surface area contributed by atoms with Gasteiger partial charge in [0.05, 0.1) is 36.5 Å². The summed E-state index contributed by atoms with van der Waals surface area (Å²) in [5.41, 5.74) is 2.67. The summed E-state index contributed by atoms with van der Waals surface area (Å²) in [5.74, 6) is -0.500. The summed E-state index contributed by atoms with van der Waals surface area (Å²) < 4.78 is 16.0. The molecule has 1 aromatic heterocycles. The van der Waals surface area contributed by atoms with Crippen LogP contribution in [-0.4, -0.2) is 69.0 Å². The maximum Gasteiger partial charge on any atom is 0.330 e. The number of carbonyl (C=O) groups is 1. The van der Waals surface area contributed by atoms with Crippen molar-refractivity contribution in [3.63, 3.8) is 0 Å². The van der Waals surface area contributed by atoms with Crippen LogP contribution in [0.15, 0.2) is 48.5 Å². The molecular weight excluding hydrogens is 446 g/mol. The third-order valence-electron chi connectivity index (χ3n) is 5.94. The Balaban J connectivity index is 1.64. The van der Waals surface area contributed by atoms with Crippen LogP contribution in [0.2, 0.25) is 0 Å². The second-order valence-electron chi connectivity index (χ2n) is 8.33. The van der Waals surface area contributed by atoms with Crippen LogP contribution in [0.5, 0.6) is 5.75 Å². The lowest BCUT2D eigenvalue weighted by atomic mass is 10.1. The van der Waals surface area contributed by atoms with E-state index in [4.69, 9.17) is 24.2 Å². The quantitative estimate of drug-likeness (QED) is 0.455. The molecule has 2 aromatic carbocycles. The van der Waals surface area contributed by atoms with E-state index in [-0.39, 0.29) is 6.61 Å². The predicted octanol–water partition coefficient (Wildman–Crippen LogP) is 3.15. The first-order valence-corrected chi connectivity index (χ1v) is 11.5. The van der Waals surface area contributed by atoms with E-state index in [1.807, 2.05) is 48.5 Å². The number of anilines is 2. The third kappa shape index (κ3) is 5.28. The SMILES string of the molecule is COC[C@H](C)OC(=O)[C@H](C#N)c1nc2ccccc2nc1N1CCN(c2ccccc2OC)CC1. The first kappa shape index (κ1) is 24.2. The van der Waals surface area contributed by atoms with Gasteiger partial charge in [0, 0.05) is 33.3 Å². The normalized spacial score (nSPS) is 15.4. The molecule has 9 nitrogen and oxygen atoms in total. The Kier molecular flexibility index (Phi) is 7.63. The first-order valence-electron chi connectivity index (χ1n) is 11.5. The zero-order valence-corrected chi connectivity index (χ0v) is 20.2. The molecule has 3 aromatic rings. The number of piperazine rings is 1. The van der Waals surface area contributed by atoms with Crippen molar-refractivity contribution in [2.45, 2.75) is 18.9 Å². The van der Waals surface area contributed by atoms with Gasteiger partial charge in [-0.2, -0.15) is 5.26 Å². The fourth-order valence-electron chi connectivity index (χ4n) is 4.24. The molecular formula is C26H29N5O4. The third-order valence-corrected chi connectivity index (χ3v) is 5.94. The second-order valence-corrected chi connectivity index (χ2v) is 8.33. The maximum atomic E-state index is 12.9. The van der Waals surface area contributed by atoms with Crippen molar-refractivity contribution in [3.05, 3.63) is 54.2 Å². The smallest absolute Gasteiger partial charge is 0.330 e. The van der Waals surface area contributed by atoms with Crippen molar-refractivity contribution in [2.75, 3.05) is 56.8 Å². The Morgan fingerprint density at radius 2 is 1.63 bits per heavy atom. The highest BCUT2D eigenvalue weighted by Crippen LogP contribution is 2.32. The number of fused-ring (bicyclic) bond motifs is 1. The highest BCUT2D eigenvalue weighted by molar-refractivity contribution is 5.85. The van der Waals surface area contributed by atoms with E-state index in [0.717, 1.165) is 24.5 Å². The number of hydrogen-bond acceptors (Lipinski definition) is 9. The molecule has 2 atom stereocenters. The monoisotopic (exact) mass is 475 g/mol. The van der Waals surface area contributed by atoms with Gasteiger partial charge in [-0.3, -0.25) is 4.79 Å². The molecule has 0 saturated carbocycles. The molecule has 0 spiro atoms. The molecule has 182 valence electrons. The van der Waals surface area contributed by atoms with Crippen LogP contribution in [0.4, 0.5) is 11.5 Å². The molecule has 9 heteroatoms. The van der Waals surface area contributed by atoms with E-state index < -0.39 is 18.0 Å². The van der Waals surface area contributed by atoms with Gasteiger partial charge in [0.25, 0.3) is 0 Å². The number of para-hydroxylation sites is 4. The molecule has 1 aliphatic heterocycles. The minimum absolute atomic E-state index is 0.241. The minimum Gasteiger partial charge on any atom is -0.495 e. The van der Waals surface area contributed by atoms with Crippen LogP contribution >= 0.6 is 0 Å². The molecule has 0 unspecified atom stereocenters. The summed E-state index contributed by atoms with van der Waals surface area (Å²) in [6, 6.07) is 17.5. The molecule has 2 heterocycles. The minimum atomic E-state index is -1.20. The highest BCUT2D eigenvalue weighted by Gasteiger charge is 2.32. The molecule has 0 amide bonds. The zero-order valence-electron chi connectivity index (χ0n) is 20.2. The number of nitriles is 1. The van der Waals surface area contributed by atoms with Crippen molar-refractivity contribution in [1.29, 1.82) is 5.26 Å². The Morgan fingerprint density at radius 1 is 1.00 bits per heavy atom. The Bertz CT molecular complexity index is 1220. The molecule has 4 rings (SSSR count). The van der Waals surface area contributed by atoms with Gasteiger partial charge < -0.3 is 24.0 Å². The molecule has 1 saturated heterocycles. The molecule has 0 radical (unpaired) electrons. The van der Waals surface area contributed by atoms with Gasteiger partial charge in [0.15, 0.2) is 11.7 Å². The molecule has 0 bridgehead atoms. The number of benzene rings is 2. The van der Waals surface area contributed by atoms with Crippen LogP contribution in [0.3, 0.4) is 0 Å². The van der Waals surface area contributed by atoms with Gasteiger partial charge in [-0.15, -0.1) is 0 Å². The highest BCUT2D eigenvalue weighted by atomic mass is 16.6. The summed E-state index contributed by atoms with van der Waals surface area (Å²) in [5, 5.41) is 9.95. The lowest BCUT2D eigenvalue weighted by molar-refractivity contribution is -0.150. The van der Waals surface area contributed by atoms with E-state index >= 15 is 0 Å². The van der Waals surface area contributed by atoms with Gasteiger partial charge in [0.1, 0.15) is 17.5 Å². The van der Waals surface area contributed by atoms with Crippen LogP contribution in [0, 0.1) is 11.3 Å². The van der Waals surface area contributed by atoms with E-state index in [1.165, 1.54) is 7.11 Å². The van der Waals surface area contributed by atoms with E-state index in [0.29, 0.717) is 35.6 Å². The van der Waals surface area contributed by atoms with Crippen LogP contribution < -0.4 is 14.5 Å². The fourth-order valence-corrected chi connectivity index (χ4v) is 4.24. The lowest BCUT2D eigenvalue weighted by Gasteiger charge is -2.38. The standard InChI is InChI=1S/C26H29N5O4/c1-18(17-33-2)35-26(32)19(16-27)24-25(29-21-9-5-4-8-20(21)28-24)31-14-12-30(13-15-31)22-10-6-7-11-23(22)34-3/h4-11,18-19H,12-15,17H2,1-3H3/t18-,19+/m0/s1. The Labute approximate surface area is 204 Å². The van der Waals surface area contributed by atoms with Crippen molar-refractivity contribution >= 4 is 28.5 Å². The number of esters is 1. The van der Waals surface area contributed by atoms with E-state index in [1.54, 1.807) is 14.0 Å². The van der Waals surface area contributed by atoms with Crippen molar-refractivity contribution in [2.24, 2.45) is 0 Å². The molecule has 1 aliphatic rings. The number of carbonyl (C=O) groups excluding carboxylic acids is 1. The molecule has 1 fully saturated rings. The van der Waals surface area contributed by atoms with Crippen LogP contribution in [0.1, 0.15) is 18.5 Å². The van der Waals surface area contributed by atoms with Gasteiger partial charge in [-0.25, -0.2) is 9.97 Å². The number of nitrogens with zero attached hydrogens (tertiary/aromatic N) is 5. The fraction of sp³-hybridized carbons (Fsp3) is 0.385. The summed E-state index contributed by atoms with van der Waals surface area (Å²) in [6.07, 6.45) is -0.482.